The summed E-state index contributed by atoms with van der Waals surface area (Å²) in [7, 11) is 0. The van der Waals surface area contributed by atoms with Crippen molar-refractivity contribution in [3.63, 3.8) is 0 Å². The molecule has 0 N–H and O–H groups in total. The van der Waals surface area contributed by atoms with Crippen LogP contribution in [0.15, 0.2) is 77.2 Å². The summed E-state index contributed by atoms with van der Waals surface area (Å²) < 4.78 is 54.7. The summed E-state index contributed by atoms with van der Waals surface area (Å²) in [4.78, 5) is 3.93. The number of hydrogen-bond donors (Lipinski definition) is 0. The molecule has 2 aromatic rings. The molecule has 0 unspecified atom stereocenters. The van der Waals surface area contributed by atoms with Crippen molar-refractivity contribution in [1.82, 2.24) is 4.90 Å². The molecule has 8 heteroatoms. The molecule has 2 heterocycles. The molecule has 2 aromatic carbocycles. The van der Waals surface area contributed by atoms with Crippen LogP contribution >= 0.6 is 0 Å². The number of anilines is 1. The minimum atomic E-state index is -2.69. The lowest BCUT2D eigenvalue weighted by Crippen LogP contribution is -2.48. The van der Waals surface area contributed by atoms with E-state index in [2.05, 4.69) is 28.3 Å². The van der Waals surface area contributed by atoms with E-state index in [9.17, 15) is 13.2 Å². The maximum atomic E-state index is 15.1. The Morgan fingerprint density at radius 2 is 1.88 bits per heavy atom. The zero-order valence-corrected chi connectivity index (χ0v) is 18.2. The molecule has 33 heavy (non-hydrogen) atoms. The third-order valence-corrected chi connectivity index (χ3v) is 5.97. The van der Waals surface area contributed by atoms with Gasteiger partial charge in [-0.3, -0.25) is 0 Å². The van der Waals surface area contributed by atoms with Gasteiger partial charge in [0.25, 0.3) is 6.43 Å². The first-order chi connectivity index (χ1) is 15.7. The zero-order valence-electron chi connectivity index (χ0n) is 18.2. The molecule has 4 nitrogen and oxygen atoms in total. The van der Waals surface area contributed by atoms with E-state index in [1.165, 1.54) is 18.2 Å². The van der Waals surface area contributed by atoms with Crippen molar-refractivity contribution in [3.8, 4) is 0 Å². The van der Waals surface area contributed by atoms with Crippen LogP contribution in [0.2, 0.25) is 0 Å². The van der Waals surface area contributed by atoms with Gasteiger partial charge in [-0.1, -0.05) is 31.4 Å². The van der Waals surface area contributed by atoms with Crippen molar-refractivity contribution in [1.29, 1.82) is 0 Å². The van der Waals surface area contributed by atoms with Crippen LogP contribution < -0.4 is 4.90 Å². The molecule has 2 aliphatic heterocycles. The van der Waals surface area contributed by atoms with Crippen LogP contribution in [-0.2, 0) is 6.54 Å². The number of likely N-dealkylation sites (tertiary alicyclic amines) is 1. The average Bonchev–Trinajstić information content (AvgIpc) is 3.22. The number of hydrogen-bond acceptors (Lipinski definition) is 4. The molecule has 2 aliphatic rings. The summed E-state index contributed by atoms with van der Waals surface area (Å²) >= 11 is 0. The third kappa shape index (κ3) is 4.84. The molecule has 1 fully saturated rings. The highest BCUT2D eigenvalue weighted by atomic mass is 19.3. The maximum Gasteiger partial charge on any atom is 0.278 e. The van der Waals surface area contributed by atoms with Gasteiger partial charge in [-0.25, -0.2) is 17.6 Å². The Morgan fingerprint density at radius 3 is 2.48 bits per heavy atom. The van der Waals surface area contributed by atoms with Gasteiger partial charge < -0.3 is 9.80 Å². The van der Waals surface area contributed by atoms with Crippen LogP contribution in [0.25, 0.3) is 0 Å². The van der Waals surface area contributed by atoms with E-state index >= 15 is 4.39 Å². The Morgan fingerprint density at radius 1 is 1.12 bits per heavy atom. The fourth-order valence-corrected chi connectivity index (χ4v) is 3.90. The first-order valence-electron chi connectivity index (χ1n) is 10.6. The van der Waals surface area contributed by atoms with Crippen molar-refractivity contribution >= 4 is 17.1 Å². The Hall–Kier alpha value is -3.42. The Balaban J connectivity index is 1.55. The zero-order chi connectivity index (χ0) is 23.7. The number of alkyl halides is 2. The molecule has 172 valence electrons. The lowest BCUT2D eigenvalue weighted by molar-refractivity contribution is 0.169. The molecule has 4 rings (SSSR count). The topological polar surface area (TPSA) is 31.2 Å². The summed E-state index contributed by atoms with van der Waals surface area (Å²) in [6.07, 6.45) is -2.79. The second-order valence-corrected chi connectivity index (χ2v) is 8.32. The Kier molecular flexibility index (Phi) is 6.35. The molecule has 0 aromatic heterocycles. The highest BCUT2D eigenvalue weighted by Gasteiger charge is 2.32. The molecule has 0 spiro atoms. The van der Waals surface area contributed by atoms with Crippen LogP contribution in [0.3, 0.4) is 0 Å². The lowest BCUT2D eigenvalue weighted by Gasteiger charge is -2.45. The van der Waals surface area contributed by atoms with Gasteiger partial charge in [-0.2, -0.15) is 10.2 Å². The van der Waals surface area contributed by atoms with Crippen LogP contribution in [0.1, 0.15) is 24.5 Å². The molecule has 0 radical (unpaired) electrons. The number of halogens is 4. The molecular weight excluding hydrogens is 432 g/mol. The number of rotatable bonds is 8. The smallest absolute Gasteiger partial charge is 0.278 e. The summed E-state index contributed by atoms with van der Waals surface area (Å²) in [6, 6.07) is 10.6. The van der Waals surface area contributed by atoms with Crippen molar-refractivity contribution in [2.75, 3.05) is 18.0 Å². The van der Waals surface area contributed by atoms with Gasteiger partial charge in [-0.05, 0) is 31.2 Å². The maximum absolute atomic E-state index is 15.1. The second-order valence-electron chi connectivity index (χ2n) is 8.32. The fourth-order valence-electron chi connectivity index (χ4n) is 3.90. The molecule has 0 amide bonds. The lowest BCUT2D eigenvalue weighted by atomic mass is 9.94. The van der Waals surface area contributed by atoms with Crippen LogP contribution in [0, 0.1) is 17.6 Å². The van der Waals surface area contributed by atoms with Crippen molar-refractivity contribution < 1.29 is 17.6 Å². The van der Waals surface area contributed by atoms with Crippen molar-refractivity contribution in [2.24, 2.45) is 16.1 Å². The minimum Gasteiger partial charge on any atom is -0.374 e. The predicted octanol–water partition coefficient (Wildman–Crippen LogP) is 5.76. The molecule has 0 bridgehead atoms. The normalized spacial score (nSPS) is 15.9. The van der Waals surface area contributed by atoms with E-state index in [1.54, 1.807) is 24.3 Å². The SMILES string of the molecule is C=C(C)N1CC(C(=C)N(Cc2ccc(C3=NN=C(C(F)F)C3)cc2F)c2cccc(F)c2)C1. The highest BCUT2D eigenvalue weighted by molar-refractivity contribution is 6.15. The van der Waals surface area contributed by atoms with Gasteiger partial charge in [0.15, 0.2) is 0 Å². The quantitative estimate of drug-likeness (QED) is 0.473. The van der Waals surface area contributed by atoms with Crippen LogP contribution in [-0.4, -0.2) is 35.8 Å². The van der Waals surface area contributed by atoms with Gasteiger partial charge in [0.1, 0.15) is 17.3 Å². The van der Waals surface area contributed by atoms with Crippen LogP contribution in [0.4, 0.5) is 23.2 Å². The first kappa shape index (κ1) is 22.8. The average molecular weight is 456 g/mol. The van der Waals surface area contributed by atoms with E-state index in [1.807, 2.05) is 11.8 Å². The summed E-state index contributed by atoms with van der Waals surface area (Å²) in [5.41, 5.74) is 3.05. The van der Waals surface area contributed by atoms with Gasteiger partial charge in [0, 0.05) is 53.6 Å². The predicted molar refractivity (Wildman–Crippen MR) is 123 cm³/mol. The summed E-state index contributed by atoms with van der Waals surface area (Å²) in [5.74, 6) is -0.774. The Labute approximate surface area is 190 Å². The number of nitrogens with zero attached hydrogens (tertiary/aromatic N) is 4. The number of allylic oxidation sites excluding steroid dienone is 1. The van der Waals surface area contributed by atoms with E-state index < -0.39 is 18.1 Å². The standard InChI is InChI=1S/C25H24F4N4/c1-15(2)32-12-19(13-32)16(3)33(21-6-4-5-20(26)10-21)14-18-8-7-17(9-22(18)27)23-11-24(25(28)29)31-30-23/h4-10,19,25H,1,3,11-14H2,2H3. The Bertz CT molecular complexity index is 1150. The van der Waals surface area contributed by atoms with E-state index in [0.717, 1.165) is 24.5 Å². The third-order valence-electron chi connectivity index (χ3n) is 5.97. The van der Waals surface area contributed by atoms with E-state index in [-0.39, 0.29) is 24.6 Å². The summed E-state index contributed by atoms with van der Waals surface area (Å²) in [5, 5.41) is 7.25. The first-order valence-corrected chi connectivity index (χ1v) is 10.6. The molecular formula is C25H24F4N4. The van der Waals surface area contributed by atoms with Crippen molar-refractivity contribution in [3.05, 3.63) is 89.8 Å². The fraction of sp³-hybridized carbons (Fsp3) is 0.280. The molecule has 0 atom stereocenters. The number of benzene rings is 2. The minimum absolute atomic E-state index is 0.108. The van der Waals surface area contributed by atoms with E-state index in [0.29, 0.717) is 22.5 Å². The molecule has 1 saturated heterocycles. The summed E-state index contributed by atoms with van der Waals surface area (Å²) in [6.45, 7) is 11.7. The largest absolute Gasteiger partial charge is 0.374 e. The van der Waals surface area contributed by atoms with Gasteiger partial charge >= 0.3 is 0 Å². The van der Waals surface area contributed by atoms with Crippen LogP contribution in [0.5, 0.6) is 0 Å². The highest BCUT2D eigenvalue weighted by Crippen LogP contribution is 2.32. The molecule has 0 aliphatic carbocycles. The molecule has 0 saturated carbocycles. The second kappa shape index (κ2) is 9.21. The van der Waals surface area contributed by atoms with Gasteiger partial charge in [0.05, 0.1) is 12.3 Å². The van der Waals surface area contributed by atoms with Gasteiger partial charge in [0.2, 0.25) is 0 Å². The van der Waals surface area contributed by atoms with Crippen molar-refractivity contribution in [2.45, 2.75) is 26.3 Å². The van der Waals surface area contributed by atoms with E-state index in [4.69, 9.17) is 0 Å². The van der Waals surface area contributed by atoms with Gasteiger partial charge in [-0.15, -0.1) is 0 Å². The monoisotopic (exact) mass is 456 g/mol.